The van der Waals surface area contributed by atoms with Gasteiger partial charge in [0.1, 0.15) is 5.56 Å². The summed E-state index contributed by atoms with van der Waals surface area (Å²) in [5.74, 6) is -1.94. The zero-order chi connectivity index (χ0) is 14.4. The Morgan fingerprint density at radius 2 is 2.11 bits per heavy atom. The van der Waals surface area contributed by atoms with Crippen molar-refractivity contribution in [2.24, 2.45) is 0 Å². The second-order valence-corrected chi connectivity index (χ2v) is 3.64. The van der Waals surface area contributed by atoms with Crippen LogP contribution in [0.5, 0.6) is 11.5 Å². The van der Waals surface area contributed by atoms with Crippen LogP contribution in [0.15, 0.2) is 6.07 Å². The molecule has 1 aromatic carbocycles. The van der Waals surface area contributed by atoms with E-state index in [2.05, 4.69) is 14.2 Å². The number of alkyl halides is 2. The minimum absolute atomic E-state index is 0.145. The third-order valence-electron chi connectivity index (χ3n) is 2.50. The molecule has 0 aliphatic carbocycles. The van der Waals surface area contributed by atoms with Crippen molar-refractivity contribution in [1.29, 1.82) is 0 Å². The summed E-state index contributed by atoms with van der Waals surface area (Å²) in [6.07, 6.45) is -3.92. The number of hydrogen-bond acceptors (Lipinski definition) is 6. The summed E-state index contributed by atoms with van der Waals surface area (Å²) >= 11 is 0. The minimum Gasteiger partial charge on any atom is -0.465 e. The van der Waals surface area contributed by atoms with E-state index in [1.807, 2.05) is 0 Å². The minimum atomic E-state index is -3.92. The number of rotatable bonds is 2. The van der Waals surface area contributed by atoms with E-state index in [9.17, 15) is 23.7 Å². The van der Waals surface area contributed by atoms with Crippen molar-refractivity contribution in [3.05, 3.63) is 27.3 Å². The highest BCUT2D eigenvalue weighted by Crippen LogP contribution is 2.47. The van der Waals surface area contributed by atoms with Crippen LogP contribution < -0.4 is 9.47 Å². The van der Waals surface area contributed by atoms with E-state index in [4.69, 9.17) is 0 Å². The summed E-state index contributed by atoms with van der Waals surface area (Å²) in [6, 6.07) is 0.704. The Labute approximate surface area is 104 Å². The summed E-state index contributed by atoms with van der Waals surface area (Å²) in [7, 11) is 1.02. The van der Waals surface area contributed by atoms with Gasteiger partial charge in [0.2, 0.25) is 0 Å². The van der Waals surface area contributed by atoms with Crippen molar-refractivity contribution in [2.75, 3.05) is 7.11 Å². The Bertz CT molecular complexity index is 586. The average molecular weight is 275 g/mol. The standard InChI is InChI=1S/C10H7F2NO6/c1-4-7(9(14)17-2)5(13(15)16)3-6-8(4)19-10(11,12)18-6/h3H,1-2H3. The first-order valence-electron chi connectivity index (χ1n) is 4.93. The molecule has 0 fully saturated rings. The highest BCUT2D eigenvalue weighted by Gasteiger charge is 2.46. The number of halogens is 2. The number of methoxy groups -OCH3 is 1. The fourth-order valence-corrected chi connectivity index (χ4v) is 1.73. The Morgan fingerprint density at radius 1 is 1.47 bits per heavy atom. The van der Waals surface area contributed by atoms with Crippen LogP contribution in [0.2, 0.25) is 0 Å². The third kappa shape index (κ3) is 2.02. The van der Waals surface area contributed by atoms with Gasteiger partial charge in [0.05, 0.1) is 18.1 Å². The van der Waals surface area contributed by atoms with E-state index in [1.54, 1.807) is 0 Å². The quantitative estimate of drug-likeness (QED) is 0.466. The lowest BCUT2D eigenvalue weighted by molar-refractivity contribution is -0.385. The number of nitro groups is 1. The van der Waals surface area contributed by atoms with Crippen LogP contribution >= 0.6 is 0 Å². The molecule has 0 saturated carbocycles. The molecular weight excluding hydrogens is 268 g/mol. The molecule has 0 amide bonds. The summed E-state index contributed by atoms with van der Waals surface area (Å²) in [5, 5.41) is 10.9. The molecule has 1 heterocycles. The maximum atomic E-state index is 12.9. The van der Waals surface area contributed by atoms with Gasteiger partial charge in [-0.25, -0.2) is 4.79 Å². The van der Waals surface area contributed by atoms with E-state index in [1.165, 1.54) is 6.92 Å². The zero-order valence-corrected chi connectivity index (χ0v) is 9.73. The smallest absolute Gasteiger partial charge is 0.465 e. The SMILES string of the molecule is COC(=O)c1c([N+](=O)[O-])cc2c(c1C)OC(F)(F)O2. The lowest BCUT2D eigenvalue weighted by Gasteiger charge is -2.07. The lowest BCUT2D eigenvalue weighted by Crippen LogP contribution is -2.26. The number of carbonyl (C=O) groups excluding carboxylic acids is 1. The van der Waals surface area contributed by atoms with Crippen molar-refractivity contribution in [3.63, 3.8) is 0 Å². The van der Waals surface area contributed by atoms with Gasteiger partial charge in [-0.1, -0.05) is 0 Å². The molecule has 0 saturated heterocycles. The second-order valence-electron chi connectivity index (χ2n) is 3.64. The monoisotopic (exact) mass is 275 g/mol. The van der Waals surface area contributed by atoms with Gasteiger partial charge >= 0.3 is 12.3 Å². The first-order valence-corrected chi connectivity index (χ1v) is 4.93. The van der Waals surface area contributed by atoms with Crippen LogP contribution in [0.4, 0.5) is 14.5 Å². The second kappa shape index (κ2) is 4.04. The van der Waals surface area contributed by atoms with Crippen LogP contribution in [0.3, 0.4) is 0 Å². The molecule has 1 aromatic rings. The van der Waals surface area contributed by atoms with Crippen molar-refractivity contribution >= 4 is 11.7 Å². The van der Waals surface area contributed by atoms with Gasteiger partial charge in [-0.05, 0) is 6.92 Å². The van der Waals surface area contributed by atoms with Crippen LogP contribution in [0.25, 0.3) is 0 Å². The predicted octanol–water partition coefficient (Wildman–Crippen LogP) is 2.01. The highest BCUT2D eigenvalue weighted by atomic mass is 19.3. The first-order chi connectivity index (χ1) is 8.76. The van der Waals surface area contributed by atoms with Crippen LogP contribution in [0.1, 0.15) is 15.9 Å². The van der Waals surface area contributed by atoms with Gasteiger partial charge in [0, 0.05) is 5.56 Å². The van der Waals surface area contributed by atoms with Crippen molar-refractivity contribution in [3.8, 4) is 11.5 Å². The fourth-order valence-electron chi connectivity index (χ4n) is 1.73. The molecule has 0 radical (unpaired) electrons. The molecule has 102 valence electrons. The molecule has 0 bridgehead atoms. The van der Waals surface area contributed by atoms with E-state index >= 15 is 0 Å². The third-order valence-corrected chi connectivity index (χ3v) is 2.50. The van der Waals surface area contributed by atoms with Crippen molar-refractivity contribution in [1.82, 2.24) is 0 Å². The summed E-state index contributed by atoms with van der Waals surface area (Å²) < 4.78 is 38.6. The summed E-state index contributed by atoms with van der Waals surface area (Å²) in [5.41, 5.74) is -1.29. The van der Waals surface area contributed by atoms with Crippen molar-refractivity contribution in [2.45, 2.75) is 13.2 Å². The molecule has 7 nitrogen and oxygen atoms in total. The summed E-state index contributed by atoms with van der Waals surface area (Å²) in [6.45, 7) is 1.23. The normalized spacial score (nSPS) is 15.2. The van der Waals surface area contributed by atoms with E-state index in [-0.39, 0.29) is 5.56 Å². The fraction of sp³-hybridized carbons (Fsp3) is 0.300. The Balaban J connectivity index is 2.69. The Hall–Kier alpha value is -2.45. The number of ether oxygens (including phenoxy) is 3. The van der Waals surface area contributed by atoms with E-state index in [0.29, 0.717) is 6.07 Å². The number of benzene rings is 1. The zero-order valence-electron chi connectivity index (χ0n) is 9.73. The molecule has 9 heteroatoms. The number of fused-ring (bicyclic) bond motifs is 1. The highest BCUT2D eigenvalue weighted by molar-refractivity contribution is 5.97. The van der Waals surface area contributed by atoms with Crippen molar-refractivity contribution < 1.29 is 32.7 Å². The molecule has 2 rings (SSSR count). The van der Waals surface area contributed by atoms with Gasteiger partial charge in [-0.2, -0.15) is 0 Å². The van der Waals surface area contributed by atoms with Gasteiger partial charge in [-0.3, -0.25) is 10.1 Å². The predicted molar refractivity (Wildman–Crippen MR) is 55.4 cm³/mol. The van der Waals surface area contributed by atoms with Gasteiger partial charge < -0.3 is 14.2 Å². The Kier molecular flexibility index (Phi) is 2.76. The number of nitro benzene ring substituents is 1. The van der Waals surface area contributed by atoms with Crippen LogP contribution in [-0.4, -0.2) is 24.3 Å². The van der Waals surface area contributed by atoms with E-state index < -0.39 is 39.9 Å². The molecule has 19 heavy (non-hydrogen) atoms. The maximum absolute atomic E-state index is 12.9. The molecule has 0 aromatic heterocycles. The molecule has 0 spiro atoms. The number of carbonyl (C=O) groups is 1. The largest absolute Gasteiger partial charge is 0.586 e. The topological polar surface area (TPSA) is 87.9 Å². The lowest BCUT2D eigenvalue weighted by atomic mass is 10.0. The van der Waals surface area contributed by atoms with Gasteiger partial charge in [0.15, 0.2) is 11.5 Å². The molecule has 0 unspecified atom stereocenters. The molecule has 1 aliphatic heterocycles. The molecule has 1 aliphatic rings. The molecular formula is C10H7F2NO6. The molecule has 0 N–H and O–H groups in total. The van der Waals surface area contributed by atoms with Crippen LogP contribution in [0, 0.1) is 17.0 Å². The van der Waals surface area contributed by atoms with E-state index in [0.717, 1.165) is 7.11 Å². The van der Waals surface area contributed by atoms with Gasteiger partial charge in [-0.15, -0.1) is 8.78 Å². The number of nitrogens with zero attached hydrogens (tertiary/aromatic N) is 1. The Morgan fingerprint density at radius 3 is 2.63 bits per heavy atom. The number of esters is 1. The maximum Gasteiger partial charge on any atom is 0.586 e. The first kappa shape index (κ1) is 13.0. The molecule has 0 atom stereocenters. The summed E-state index contributed by atoms with van der Waals surface area (Å²) in [4.78, 5) is 21.5. The van der Waals surface area contributed by atoms with Gasteiger partial charge in [0.25, 0.3) is 5.69 Å². The average Bonchev–Trinajstić information content (AvgIpc) is 2.63. The number of hydrogen-bond donors (Lipinski definition) is 0. The van der Waals surface area contributed by atoms with Crippen LogP contribution in [-0.2, 0) is 4.74 Å².